The van der Waals surface area contributed by atoms with Crippen LogP contribution in [0.1, 0.15) is 19.3 Å². The van der Waals surface area contributed by atoms with E-state index >= 15 is 0 Å². The van der Waals surface area contributed by atoms with Crippen LogP contribution in [0.3, 0.4) is 0 Å². The maximum Gasteiger partial charge on any atom is 0.209 e. The Hall–Kier alpha value is -1.51. The van der Waals surface area contributed by atoms with Gasteiger partial charge in [0.1, 0.15) is 0 Å². The number of hydrogen-bond donors (Lipinski definition) is 0. The molecule has 0 saturated heterocycles. The molecule has 0 bridgehead atoms. The van der Waals surface area contributed by atoms with E-state index in [0.29, 0.717) is 0 Å². The normalized spacial score (nSPS) is 16.0. The third-order valence-corrected chi connectivity index (χ3v) is 2.52. The lowest BCUT2D eigenvalue weighted by Crippen LogP contribution is -2.14. The van der Waals surface area contributed by atoms with Gasteiger partial charge < -0.3 is 4.90 Å². The van der Waals surface area contributed by atoms with Gasteiger partial charge in [0.25, 0.3) is 0 Å². The highest BCUT2D eigenvalue weighted by Gasteiger charge is 2.07. The minimum Gasteiger partial charge on any atom is -0.348 e. The van der Waals surface area contributed by atoms with Gasteiger partial charge in [-0.25, -0.2) is 4.98 Å². The fraction of sp³-hybridized carbons (Fsp3) is 0.417. The third-order valence-electron chi connectivity index (χ3n) is 2.52. The number of nitrogens with zero attached hydrogens (tertiary/aromatic N) is 3. The summed E-state index contributed by atoms with van der Waals surface area (Å²) in [5, 5.41) is 0. The van der Waals surface area contributed by atoms with Crippen molar-refractivity contribution >= 4 is 11.6 Å². The SMILES string of the molecule is CN(C)c1nccn1C1=CCCCC=C1. The lowest BCUT2D eigenvalue weighted by Gasteiger charge is -2.14. The zero-order valence-electron chi connectivity index (χ0n) is 9.35. The van der Waals surface area contributed by atoms with Crippen LogP contribution in [0.5, 0.6) is 0 Å². The first-order valence-corrected chi connectivity index (χ1v) is 5.37. The van der Waals surface area contributed by atoms with Crippen LogP contribution >= 0.6 is 0 Å². The molecule has 1 aliphatic carbocycles. The fourth-order valence-corrected chi connectivity index (χ4v) is 1.76. The van der Waals surface area contributed by atoms with Crippen molar-refractivity contribution in [3.8, 4) is 0 Å². The van der Waals surface area contributed by atoms with Gasteiger partial charge >= 0.3 is 0 Å². The number of aromatic nitrogens is 2. The molecule has 1 aliphatic rings. The molecule has 0 unspecified atom stereocenters. The topological polar surface area (TPSA) is 21.1 Å². The summed E-state index contributed by atoms with van der Waals surface area (Å²) in [6, 6.07) is 0. The molecular weight excluding hydrogens is 186 g/mol. The highest BCUT2D eigenvalue weighted by Crippen LogP contribution is 2.19. The Balaban J connectivity index is 2.35. The second-order valence-corrected chi connectivity index (χ2v) is 3.95. The molecule has 1 heterocycles. The van der Waals surface area contributed by atoms with E-state index in [1.54, 1.807) is 0 Å². The van der Waals surface area contributed by atoms with Crippen molar-refractivity contribution in [1.29, 1.82) is 0 Å². The Morgan fingerprint density at radius 1 is 1.33 bits per heavy atom. The summed E-state index contributed by atoms with van der Waals surface area (Å²) < 4.78 is 2.13. The average Bonchev–Trinajstić information content (AvgIpc) is 2.55. The zero-order valence-corrected chi connectivity index (χ0v) is 9.35. The minimum absolute atomic E-state index is 0.979. The average molecular weight is 203 g/mol. The van der Waals surface area contributed by atoms with E-state index in [-0.39, 0.29) is 0 Å². The maximum atomic E-state index is 4.34. The smallest absolute Gasteiger partial charge is 0.209 e. The highest BCUT2D eigenvalue weighted by molar-refractivity contribution is 5.61. The minimum atomic E-state index is 0.979. The van der Waals surface area contributed by atoms with Gasteiger partial charge in [0.2, 0.25) is 5.95 Å². The number of allylic oxidation sites excluding steroid dienone is 4. The van der Waals surface area contributed by atoms with Crippen molar-refractivity contribution in [1.82, 2.24) is 9.55 Å². The van der Waals surface area contributed by atoms with Crippen LogP contribution in [0, 0.1) is 0 Å². The van der Waals surface area contributed by atoms with Gasteiger partial charge in [-0.05, 0) is 25.3 Å². The van der Waals surface area contributed by atoms with Crippen LogP contribution < -0.4 is 4.90 Å². The molecule has 0 atom stereocenters. The molecule has 3 nitrogen and oxygen atoms in total. The molecule has 1 aromatic rings. The number of anilines is 1. The molecule has 15 heavy (non-hydrogen) atoms. The van der Waals surface area contributed by atoms with Crippen LogP contribution in [0.25, 0.3) is 5.70 Å². The van der Waals surface area contributed by atoms with E-state index in [2.05, 4.69) is 27.8 Å². The summed E-state index contributed by atoms with van der Waals surface area (Å²) in [5.74, 6) is 0.979. The number of imidazole rings is 1. The molecule has 3 heteroatoms. The first kappa shape index (κ1) is 10.0. The summed E-state index contributed by atoms with van der Waals surface area (Å²) >= 11 is 0. The summed E-state index contributed by atoms with van der Waals surface area (Å²) in [7, 11) is 4.03. The Labute approximate surface area is 90.7 Å². The summed E-state index contributed by atoms with van der Waals surface area (Å²) in [6.07, 6.45) is 14.1. The van der Waals surface area contributed by atoms with E-state index in [1.165, 1.54) is 18.5 Å². The highest BCUT2D eigenvalue weighted by atomic mass is 15.3. The molecule has 0 N–H and O–H groups in total. The lowest BCUT2D eigenvalue weighted by molar-refractivity contribution is 0.873. The van der Waals surface area contributed by atoms with Crippen LogP contribution in [0.4, 0.5) is 5.95 Å². The molecule has 80 valence electrons. The molecule has 0 aliphatic heterocycles. The fourth-order valence-electron chi connectivity index (χ4n) is 1.76. The molecule has 0 saturated carbocycles. The molecule has 1 aromatic heterocycles. The molecular formula is C12H17N3. The van der Waals surface area contributed by atoms with Crippen LogP contribution in [0.15, 0.2) is 30.6 Å². The molecule has 0 aromatic carbocycles. The Morgan fingerprint density at radius 3 is 3.00 bits per heavy atom. The van der Waals surface area contributed by atoms with Crippen LogP contribution in [0.2, 0.25) is 0 Å². The quantitative estimate of drug-likeness (QED) is 0.736. The van der Waals surface area contributed by atoms with Crippen molar-refractivity contribution in [2.45, 2.75) is 19.3 Å². The van der Waals surface area contributed by atoms with Crippen molar-refractivity contribution in [3.05, 3.63) is 30.6 Å². The number of hydrogen-bond acceptors (Lipinski definition) is 2. The van der Waals surface area contributed by atoms with Gasteiger partial charge in [-0.3, -0.25) is 4.57 Å². The monoisotopic (exact) mass is 203 g/mol. The Kier molecular flexibility index (Phi) is 2.90. The van der Waals surface area contributed by atoms with Gasteiger partial charge in [0, 0.05) is 32.2 Å². The Morgan fingerprint density at radius 2 is 2.20 bits per heavy atom. The van der Waals surface area contributed by atoms with Gasteiger partial charge in [0.05, 0.1) is 0 Å². The van der Waals surface area contributed by atoms with E-state index < -0.39 is 0 Å². The summed E-state index contributed by atoms with van der Waals surface area (Å²) in [5.41, 5.74) is 1.23. The largest absolute Gasteiger partial charge is 0.348 e. The van der Waals surface area contributed by atoms with Gasteiger partial charge in [-0.15, -0.1) is 0 Å². The zero-order chi connectivity index (χ0) is 10.7. The van der Waals surface area contributed by atoms with Crippen molar-refractivity contribution in [2.75, 3.05) is 19.0 Å². The van der Waals surface area contributed by atoms with Crippen molar-refractivity contribution in [2.24, 2.45) is 0 Å². The van der Waals surface area contributed by atoms with Crippen LogP contribution in [-0.2, 0) is 0 Å². The first-order chi connectivity index (χ1) is 7.29. The molecule has 0 fully saturated rings. The second kappa shape index (κ2) is 4.34. The van der Waals surface area contributed by atoms with Crippen molar-refractivity contribution in [3.63, 3.8) is 0 Å². The maximum absolute atomic E-state index is 4.34. The Bertz CT molecular complexity index is 385. The molecule has 2 rings (SSSR count). The van der Waals surface area contributed by atoms with Gasteiger partial charge in [0.15, 0.2) is 0 Å². The number of rotatable bonds is 2. The second-order valence-electron chi connectivity index (χ2n) is 3.95. The van der Waals surface area contributed by atoms with E-state index in [0.717, 1.165) is 12.4 Å². The van der Waals surface area contributed by atoms with E-state index in [4.69, 9.17) is 0 Å². The lowest BCUT2D eigenvalue weighted by atomic mass is 10.2. The summed E-state index contributed by atoms with van der Waals surface area (Å²) in [6.45, 7) is 0. The van der Waals surface area contributed by atoms with Gasteiger partial charge in [-0.2, -0.15) is 0 Å². The summed E-state index contributed by atoms with van der Waals surface area (Å²) in [4.78, 5) is 6.36. The van der Waals surface area contributed by atoms with E-state index in [9.17, 15) is 0 Å². The predicted octanol–water partition coefficient (Wildman–Crippen LogP) is 2.53. The third kappa shape index (κ3) is 2.12. The molecule has 0 spiro atoms. The van der Waals surface area contributed by atoms with Crippen LogP contribution in [-0.4, -0.2) is 23.6 Å². The van der Waals surface area contributed by atoms with E-state index in [1.807, 2.05) is 31.4 Å². The molecule has 0 radical (unpaired) electrons. The first-order valence-electron chi connectivity index (χ1n) is 5.37. The standard InChI is InChI=1S/C12H17N3/c1-14(2)12-13-9-10-15(12)11-7-5-3-4-6-8-11/h5,7-10H,3-4,6H2,1-2H3. The van der Waals surface area contributed by atoms with Crippen molar-refractivity contribution < 1.29 is 0 Å². The molecule has 0 amide bonds. The predicted molar refractivity (Wildman–Crippen MR) is 63.8 cm³/mol. The van der Waals surface area contributed by atoms with Gasteiger partial charge in [-0.1, -0.05) is 12.2 Å².